The first-order valence-corrected chi connectivity index (χ1v) is 14.4. The highest BCUT2D eigenvalue weighted by molar-refractivity contribution is 7.89. The fraction of sp³-hybridized carbons (Fsp3) is 0.172. The monoisotopic (exact) mass is 598 g/mol. The molecule has 0 saturated heterocycles. The van der Waals surface area contributed by atoms with E-state index in [1.165, 1.54) is 25.5 Å². The Kier molecular flexibility index (Phi) is 9.32. The van der Waals surface area contributed by atoms with E-state index in [4.69, 9.17) is 27.9 Å². The predicted octanol–water partition coefficient (Wildman–Crippen LogP) is 5.75. The number of benzene rings is 3. The number of carbonyl (C=O) groups excluding carboxylic acids is 1. The van der Waals surface area contributed by atoms with Gasteiger partial charge in [0.25, 0.3) is 5.91 Å². The van der Waals surface area contributed by atoms with Gasteiger partial charge in [0, 0.05) is 23.5 Å². The first-order valence-electron chi connectivity index (χ1n) is 12.2. The van der Waals surface area contributed by atoms with Crippen LogP contribution in [0.4, 0.5) is 0 Å². The molecule has 3 aromatic carbocycles. The number of carbonyl (C=O) groups is 1. The number of nitrogens with zero attached hydrogens (tertiary/aromatic N) is 3. The molecule has 11 heteroatoms. The van der Waals surface area contributed by atoms with Crippen LogP contribution >= 0.6 is 23.2 Å². The van der Waals surface area contributed by atoms with Crippen LogP contribution in [0.2, 0.25) is 10.0 Å². The third-order valence-electron chi connectivity index (χ3n) is 6.25. The summed E-state index contributed by atoms with van der Waals surface area (Å²) in [6, 6.07) is 22.4. The normalized spacial score (nSPS) is 11.8. The van der Waals surface area contributed by atoms with E-state index >= 15 is 0 Å². The fourth-order valence-corrected chi connectivity index (χ4v) is 6.00. The number of amides is 1. The largest absolute Gasteiger partial charge is 0.497 e. The highest BCUT2D eigenvalue weighted by atomic mass is 35.5. The van der Waals surface area contributed by atoms with Crippen molar-refractivity contribution in [3.05, 3.63) is 111 Å². The molecule has 208 valence electrons. The van der Waals surface area contributed by atoms with E-state index in [0.717, 1.165) is 32.5 Å². The maximum atomic E-state index is 13.5. The number of rotatable bonds is 10. The number of aryl methyl sites for hydroxylation is 1. The molecule has 0 spiro atoms. The predicted molar refractivity (Wildman–Crippen MR) is 158 cm³/mol. The number of nitrogens with one attached hydrogen (secondary N) is 1. The molecular weight excluding hydrogens is 571 g/mol. The molecule has 0 aliphatic heterocycles. The number of methoxy groups -OCH3 is 1. The fourth-order valence-electron chi connectivity index (χ4n) is 4.23. The van der Waals surface area contributed by atoms with Crippen molar-refractivity contribution in [2.24, 2.45) is 5.10 Å². The molecule has 1 heterocycles. The highest BCUT2D eigenvalue weighted by Gasteiger charge is 2.27. The maximum absolute atomic E-state index is 13.5. The molecule has 0 saturated carbocycles. The van der Waals surface area contributed by atoms with Crippen LogP contribution in [-0.4, -0.2) is 43.1 Å². The minimum absolute atomic E-state index is 0.00782. The van der Waals surface area contributed by atoms with Gasteiger partial charge >= 0.3 is 0 Å². The summed E-state index contributed by atoms with van der Waals surface area (Å²) in [7, 11) is -2.51. The summed E-state index contributed by atoms with van der Waals surface area (Å²) in [4.78, 5) is 12.9. The van der Waals surface area contributed by atoms with Crippen molar-refractivity contribution < 1.29 is 17.9 Å². The minimum atomic E-state index is -4.01. The van der Waals surface area contributed by atoms with Gasteiger partial charge in [0.1, 0.15) is 5.75 Å². The molecule has 1 aromatic heterocycles. The van der Waals surface area contributed by atoms with E-state index in [1.54, 1.807) is 30.3 Å². The lowest BCUT2D eigenvalue weighted by molar-refractivity contribution is -0.121. The van der Waals surface area contributed by atoms with Gasteiger partial charge in [-0.15, -0.1) is 0 Å². The molecule has 1 N–H and O–H groups in total. The zero-order valence-electron chi connectivity index (χ0n) is 22.1. The Morgan fingerprint density at radius 2 is 1.73 bits per heavy atom. The van der Waals surface area contributed by atoms with Crippen LogP contribution in [0.3, 0.4) is 0 Å². The van der Waals surface area contributed by atoms with Gasteiger partial charge in [-0.05, 0) is 61.9 Å². The molecule has 0 atom stereocenters. The van der Waals surface area contributed by atoms with Gasteiger partial charge in [-0.3, -0.25) is 4.79 Å². The number of ether oxygens (including phenoxy) is 1. The molecule has 0 bridgehead atoms. The number of hydrogen-bond acceptors (Lipinski definition) is 5. The average Bonchev–Trinajstić information content (AvgIpc) is 3.22. The van der Waals surface area contributed by atoms with Crippen molar-refractivity contribution in [3.8, 4) is 11.4 Å². The van der Waals surface area contributed by atoms with E-state index in [1.807, 2.05) is 54.8 Å². The number of hydrazone groups is 1. The number of aromatic nitrogens is 1. The Morgan fingerprint density at radius 3 is 2.40 bits per heavy atom. The smallest absolute Gasteiger partial charge is 0.255 e. The maximum Gasteiger partial charge on any atom is 0.255 e. The molecule has 0 aliphatic rings. The second kappa shape index (κ2) is 12.7. The molecule has 0 radical (unpaired) electrons. The van der Waals surface area contributed by atoms with Crippen LogP contribution in [0.1, 0.15) is 22.5 Å². The summed E-state index contributed by atoms with van der Waals surface area (Å²) in [5.74, 6) is -0.0615. The summed E-state index contributed by atoms with van der Waals surface area (Å²) in [6.45, 7) is 3.40. The summed E-state index contributed by atoms with van der Waals surface area (Å²) >= 11 is 12.6. The van der Waals surface area contributed by atoms with Gasteiger partial charge in [0.15, 0.2) is 0 Å². The van der Waals surface area contributed by atoms with Crippen LogP contribution in [0.15, 0.2) is 88.9 Å². The Bertz CT molecular complexity index is 1640. The molecule has 8 nitrogen and oxygen atoms in total. The summed E-state index contributed by atoms with van der Waals surface area (Å²) in [5.41, 5.74) is 6.41. The minimum Gasteiger partial charge on any atom is -0.497 e. The number of halogens is 2. The zero-order valence-corrected chi connectivity index (χ0v) is 24.5. The van der Waals surface area contributed by atoms with E-state index in [0.29, 0.717) is 15.8 Å². The Labute approximate surface area is 243 Å². The third-order valence-corrected chi connectivity index (χ3v) is 8.87. The molecule has 0 fully saturated rings. The van der Waals surface area contributed by atoms with E-state index in [9.17, 15) is 13.2 Å². The summed E-state index contributed by atoms with van der Waals surface area (Å²) in [5, 5.41) is 4.97. The molecule has 40 heavy (non-hydrogen) atoms. The van der Waals surface area contributed by atoms with Crippen molar-refractivity contribution in [2.45, 2.75) is 25.3 Å². The van der Waals surface area contributed by atoms with Gasteiger partial charge < -0.3 is 9.30 Å². The lowest BCUT2D eigenvalue weighted by Crippen LogP contribution is -2.39. The average molecular weight is 600 g/mol. The van der Waals surface area contributed by atoms with Crippen molar-refractivity contribution >= 4 is 45.3 Å². The van der Waals surface area contributed by atoms with Gasteiger partial charge in [-0.2, -0.15) is 9.41 Å². The van der Waals surface area contributed by atoms with E-state index in [-0.39, 0.29) is 11.4 Å². The summed E-state index contributed by atoms with van der Waals surface area (Å²) in [6.07, 6.45) is 1.51. The van der Waals surface area contributed by atoms with Gasteiger partial charge in [-0.1, -0.05) is 59.6 Å². The van der Waals surface area contributed by atoms with Crippen LogP contribution in [0, 0.1) is 13.8 Å². The Morgan fingerprint density at radius 1 is 1.02 bits per heavy atom. The van der Waals surface area contributed by atoms with Crippen molar-refractivity contribution in [1.29, 1.82) is 0 Å². The van der Waals surface area contributed by atoms with Gasteiger partial charge in [0.05, 0.1) is 40.5 Å². The Balaban J connectivity index is 1.53. The Hall–Kier alpha value is -3.63. The molecular formula is C29H28Cl2N4O4S. The second-order valence-electron chi connectivity index (χ2n) is 8.96. The first-order chi connectivity index (χ1) is 19.1. The molecule has 0 unspecified atom stereocenters. The zero-order chi connectivity index (χ0) is 28.9. The van der Waals surface area contributed by atoms with Crippen molar-refractivity contribution in [3.63, 3.8) is 0 Å². The number of hydrogen-bond donors (Lipinski definition) is 1. The molecule has 0 aliphatic carbocycles. The second-order valence-corrected chi connectivity index (χ2v) is 11.7. The van der Waals surface area contributed by atoms with Crippen LogP contribution in [-0.2, 0) is 21.4 Å². The van der Waals surface area contributed by atoms with Crippen LogP contribution in [0.5, 0.6) is 5.75 Å². The standard InChI is InChI=1S/C29H28Cl2N4O4S/c1-20-16-23(21(2)35(20)27-11-7-10-26(30)29(27)31)17-32-33-28(36)19-34(18-22-8-5-4-6-9-22)40(37,38)25-14-12-24(39-3)13-15-25/h4-17H,18-19H2,1-3H3,(H,33,36)/b32-17+. The molecule has 4 aromatic rings. The SMILES string of the molecule is COc1ccc(S(=O)(=O)N(CC(=O)N/N=C/c2cc(C)n(-c3cccc(Cl)c3Cl)c2C)Cc2ccccc2)cc1. The molecule has 1 amide bonds. The van der Waals surface area contributed by atoms with Gasteiger partial charge in [-0.25, -0.2) is 13.8 Å². The van der Waals surface area contributed by atoms with Gasteiger partial charge in [0.2, 0.25) is 10.0 Å². The van der Waals surface area contributed by atoms with Crippen LogP contribution < -0.4 is 10.2 Å². The quantitative estimate of drug-likeness (QED) is 0.186. The summed E-state index contributed by atoms with van der Waals surface area (Å²) < 4.78 is 35.2. The molecule has 4 rings (SSSR count). The third kappa shape index (κ3) is 6.56. The first kappa shape index (κ1) is 29.4. The lowest BCUT2D eigenvalue weighted by atomic mass is 10.2. The van der Waals surface area contributed by atoms with Crippen molar-refractivity contribution in [1.82, 2.24) is 14.3 Å². The highest BCUT2D eigenvalue weighted by Crippen LogP contribution is 2.31. The van der Waals surface area contributed by atoms with Crippen molar-refractivity contribution in [2.75, 3.05) is 13.7 Å². The van der Waals surface area contributed by atoms with E-state index in [2.05, 4.69) is 10.5 Å². The topological polar surface area (TPSA) is 93.0 Å². The lowest BCUT2D eigenvalue weighted by Gasteiger charge is -2.21. The number of sulfonamides is 1. The van der Waals surface area contributed by atoms with E-state index < -0.39 is 22.5 Å². The van der Waals surface area contributed by atoms with Crippen LogP contribution in [0.25, 0.3) is 5.69 Å².